The summed E-state index contributed by atoms with van der Waals surface area (Å²) in [6, 6.07) is 4.56. The maximum atomic E-state index is 5.62. The Morgan fingerprint density at radius 1 is 1.12 bits per heavy atom. The summed E-state index contributed by atoms with van der Waals surface area (Å²) in [6.07, 6.45) is 1.04. The van der Waals surface area contributed by atoms with Gasteiger partial charge in [-0.25, -0.2) is 0 Å². The Morgan fingerprint density at radius 2 is 1.82 bits per heavy atom. The molecule has 0 atom stereocenters. The third-order valence-electron chi connectivity index (χ3n) is 3.66. The van der Waals surface area contributed by atoms with E-state index in [0.29, 0.717) is 0 Å². The summed E-state index contributed by atoms with van der Waals surface area (Å²) < 4.78 is 2.41. The third kappa shape index (κ3) is 1.98. The molecule has 17 heavy (non-hydrogen) atoms. The summed E-state index contributed by atoms with van der Waals surface area (Å²) in [5.41, 5.74) is 12.5. The molecule has 0 fully saturated rings. The molecule has 0 spiro atoms. The van der Waals surface area contributed by atoms with E-state index >= 15 is 0 Å². The van der Waals surface area contributed by atoms with Crippen LogP contribution in [0.15, 0.2) is 12.1 Å². The molecule has 0 bridgehead atoms. The fourth-order valence-corrected chi connectivity index (χ4v) is 2.75. The largest absolute Gasteiger partial charge is 0.345 e. The van der Waals surface area contributed by atoms with Crippen LogP contribution in [-0.2, 0) is 6.54 Å². The highest BCUT2D eigenvalue weighted by molar-refractivity contribution is 5.89. The molecule has 1 heterocycles. The zero-order valence-electron chi connectivity index (χ0n) is 11.3. The number of fused-ring (bicyclic) bond motifs is 1. The average Bonchev–Trinajstić information content (AvgIpc) is 2.49. The van der Waals surface area contributed by atoms with Crippen molar-refractivity contribution in [2.45, 2.75) is 40.7 Å². The van der Waals surface area contributed by atoms with Crippen molar-refractivity contribution in [2.24, 2.45) is 5.73 Å². The van der Waals surface area contributed by atoms with Crippen LogP contribution in [-0.4, -0.2) is 11.1 Å². The Morgan fingerprint density at radius 3 is 2.47 bits per heavy atom. The number of rotatable bonds is 3. The summed E-state index contributed by atoms with van der Waals surface area (Å²) in [5, 5.41) is 1.42. The number of aryl methyl sites for hydroxylation is 4. The molecule has 2 nitrogen and oxygen atoms in total. The van der Waals surface area contributed by atoms with E-state index in [9.17, 15) is 0 Å². The molecule has 0 radical (unpaired) electrons. The van der Waals surface area contributed by atoms with Crippen molar-refractivity contribution < 1.29 is 0 Å². The van der Waals surface area contributed by atoms with Crippen molar-refractivity contribution in [1.82, 2.24) is 4.57 Å². The van der Waals surface area contributed by atoms with Gasteiger partial charge in [-0.05, 0) is 63.4 Å². The average molecular weight is 230 g/mol. The van der Waals surface area contributed by atoms with E-state index in [4.69, 9.17) is 5.73 Å². The molecule has 92 valence electrons. The molecule has 1 aromatic carbocycles. The third-order valence-corrected chi connectivity index (χ3v) is 3.66. The summed E-state index contributed by atoms with van der Waals surface area (Å²) in [5.74, 6) is 0. The molecule has 2 aromatic rings. The predicted molar refractivity (Wildman–Crippen MR) is 74.6 cm³/mol. The Balaban J connectivity index is 2.70. The van der Waals surface area contributed by atoms with Crippen LogP contribution in [0.2, 0.25) is 0 Å². The number of benzene rings is 1. The highest BCUT2D eigenvalue weighted by Crippen LogP contribution is 2.29. The van der Waals surface area contributed by atoms with E-state index in [0.717, 1.165) is 19.5 Å². The number of nitrogens with two attached hydrogens (primary N) is 1. The van der Waals surface area contributed by atoms with Gasteiger partial charge in [0.25, 0.3) is 0 Å². The molecular weight excluding hydrogens is 208 g/mol. The highest BCUT2D eigenvalue weighted by Gasteiger charge is 2.12. The SMILES string of the molecule is Cc1cc(C)c2c(C)c(C)n(CCCN)c2c1. The van der Waals surface area contributed by atoms with Gasteiger partial charge in [-0.2, -0.15) is 0 Å². The lowest BCUT2D eigenvalue weighted by atomic mass is 10.0. The molecule has 0 aliphatic rings. The van der Waals surface area contributed by atoms with Crippen LogP contribution in [0.3, 0.4) is 0 Å². The van der Waals surface area contributed by atoms with E-state index in [2.05, 4.69) is 44.4 Å². The Bertz CT molecular complexity index is 550. The zero-order valence-corrected chi connectivity index (χ0v) is 11.3. The second kappa shape index (κ2) is 4.53. The van der Waals surface area contributed by atoms with Crippen molar-refractivity contribution >= 4 is 10.9 Å². The number of aromatic nitrogens is 1. The lowest BCUT2D eigenvalue weighted by Crippen LogP contribution is -2.07. The molecule has 2 N–H and O–H groups in total. The van der Waals surface area contributed by atoms with E-state index in [1.165, 1.54) is 33.3 Å². The standard InChI is InChI=1S/C15H22N2/c1-10-8-11(2)15-12(3)13(4)17(7-5-6-16)14(15)9-10/h8-9H,5-7,16H2,1-4H3. The number of hydrogen-bond donors (Lipinski definition) is 1. The Kier molecular flexibility index (Phi) is 3.25. The zero-order chi connectivity index (χ0) is 12.6. The van der Waals surface area contributed by atoms with Crippen LogP contribution in [0.4, 0.5) is 0 Å². The lowest BCUT2D eigenvalue weighted by Gasteiger charge is -2.08. The minimum absolute atomic E-state index is 0.753. The van der Waals surface area contributed by atoms with Crippen molar-refractivity contribution in [3.63, 3.8) is 0 Å². The summed E-state index contributed by atoms with van der Waals surface area (Å²) in [6.45, 7) is 10.6. The molecule has 0 unspecified atom stereocenters. The van der Waals surface area contributed by atoms with Gasteiger partial charge in [0, 0.05) is 23.1 Å². The molecule has 0 amide bonds. The van der Waals surface area contributed by atoms with Gasteiger partial charge in [0.15, 0.2) is 0 Å². The molecule has 2 heteroatoms. The fraction of sp³-hybridized carbons (Fsp3) is 0.467. The minimum Gasteiger partial charge on any atom is -0.345 e. The molecule has 1 aromatic heterocycles. The van der Waals surface area contributed by atoms with Crippen molar-refractivity contribution in [2.75, 3.05) is 6.54 Å². The van der Waals surface area contributed by atoms with Crippen LogP contribution >= 0.6 is 0 Å². The first kappa shape index (κ1) is 12.2. The second-order valence-electron chi connectivity index (χ2n) is 4.98. The van der Waals surface area contributed by atoms with E-state index in [-0.39, 0.29) is 0 Å². The maximum Gasteiger partial charge on any atom is 0.0490 e. The van der Waals surface area contributed by atoms with Crippen LogP contribution in [0.25, 0.3) is 10.9 Å². The quantitative estimate of drug-likeness (QED) is 0.862. The van der Waals surface area contributed by atoms with Gasteiger partial charge >= 0.3 is 0 Å². The monoisotopic (exact) mass is 230 g/mol. The van der Waals surface area contributed by atoms with Gasteiger partial charge in [-0.1, -0.05) is 6.07 Å². The molecule has 0 saturated carbocycles. The number of nitrogens with zero attached hydrogens (tertiary/aromatic N) is 1. The normalized spacial score (nSPS) is 11.4. The van der Waals surface area contributed by atoms with Gasteiger partial charge in [0.2, 0.25) is 0 Å². The number of hydrogen-bond acceptors (Lipinski definition) is 1. The van der Waals surface area contributed by atoms with E-state index in [1.54, 1.807) is 0 Å². The smallest absolute Gasteiger partial charge is 0.0490 e. The molecule has 0 aliphatic carbocycles. The van der Waals surface area contributed by atoms with Gasteiger partial charge in [0.05, 0.1) is 0 Å². The summed E-state index contributed by atoms with van der Waals surface area (Å²) >= 11 is 0. The Hall–Kier alpha value is -1.28. The van der Waals surface area contributed by atoms with Crippen LogP contribution < -0.4 is 5.73 Å². The van der Waals surface area contributed by atoms with Crippen molar-refractivity contribution in [3.05, 3.63) is 34.5 Å². The molecule has 0 aliphatic heterocycles. The van der Waals surface area contributed by atoms with Gasteiger partial charge in [-0.15, -0.1) is 0 Å². The first-order valence-electron chi connectivity index (χ1n) is 6.33. The fourth-order valence-electron chi connectivity index (χ4n) is 2.75. The van der Waals surface area contributed by atoms with Gasteiger partial charge < -0.3 is 10.3 Å². The topological polar surface area (TPSA) is 30.9 Å². The van der Waals surface area contributed by atoms with Crippen LogP contribution in [0.1, 0.15) is 28.8 Å². The predicted octanol–water partition coefficient (Wildman–Crippen LogP) is 3.22. The summed E-state index contributed by atoms with van der Waals surface area (Å²) in [4.78, 5) is 0. The highest BCUT2D eigenvalue weighted by atomic mass is 15.0. The Labute approximate surface area is 103 Å². The molecule has 0 saturated heterocycles. The van der Waals surface area contributed by atoms with Gasteiger partial charge in [-0.3, -0.25) is 0 Å². The van der Waals surface area contributed by atoms with Crippen molar-refractivity contribution in [3.8, 4) is 0 Å². The summed E-state index contributed by atoms with van der Waals surface area (Å²) in [7, 11) is 0. The molecular formula is C15H22N2. The molecule has 2 rings (SSSR count). The minimum atomic E-state index is 0.753. The second-order valence-corrected chi connectivity index (χ2v) is 4.98. The maximum absolute atomic E-state index is 5.62. The first-order chi connectivity index (χ1) is 8.06. The first-order valence-corrected chi connectivity index (χ1v) is 6.33. The van der Waals surface area contributed by atoms with Crippen LogP contribution in [0, 0.1) is 27.7 Å². The van der Waals surface area contributed by atoms with Gasteiger partial charge in [0.1, 0.15) is 0 Å². The van der Waals surface area contributed by atoms with E-state index in [1.807, 2.05) is 0 Å². The lowest BCUT2D eigenvalue weighted by molar-refractivity contribution is 0.655. The van der Waals surface area contributed by atoms with Crippen molar-refractivity contribution in [1.29, 1.82) is 0 Å². The van der Waals surface area contributed by atoms with E-state index < -0.39 is 0 Å². The van der Waals surface area contributed by atoms with Crippen LogP contribution in [0.5, 0.6) is 0 Å².